The number of amides is 3. The summed E-state index contributed by atoms with van der Waals surface area (Å²) in [7, 11) is 0. The van der Waals surface area contributed by atoms with E-state index in [4.69, 9.17) is 10.7 Å². The highest BCUT2D eigenvalue weighted by atomic mass is 16.2. The van der Waals surface area contributed by atoms with E-state index in [9.17, 15) is 9.59 Å². The normalized spacial score (nSPS) is 24.3. The number of allylic oxidation sites excluding steroid dienone is 1. The molecule has 200 valence electrons. The SMILES string of the molecule is C=C(C)CCCC1(CC2CCCCC2)N=C(N)N(Cc2c#cc(CN3C[C@H](CCC)NC3=O)cc2)C1=O. The van der Waals surface area contributed by atoms with Crippen molar-refractivity contribution in [3.8, 4) is 0 Å². The number of guanidine groups is 1. The Morgan fingerprint density at radius 2 is 1.89 bits per heavy atom. The number of rotatable bonds is 12. The van der Waals surface area contributed by atoms with Crippen LogP contribution in [0.2, 0.25) is 0 Å². The monoisotopic (exact) mass is 505 g/mol. The third kappa shape index (κ3) is 6.66. The summed E-state index contributed by atoms with van der Waals surface area (Å²) in [6.07, 6.45) is 11.4. The van der Waals surface area contributed by atoms with Crippen LogP contribution in [0.4, 0.5) is 4.79 Å². The minimum Gasteiger partial charge on any atom is -0.369 e. The molecular formula is C30H43N5O2. The van der Waals surface area contributed by atoms with E-state index in [-0.39, 0.29) is 18.0 Å². The maximum atomic E-state index is 13.8. The zero-order valence-corrected chi connectivity index (χ0v) is 22.7. The number of nitrogens with zero attached hydrogens (tertiary/aromatic N) is 3. The van der Waals surface area contributed by atoms with Gasteiger partial charge in [-0.25, -0.2) is 9.79 Å². The molecule has 1 aromatic carbocycles. The van der Waals surface area contributed by atoms with Crippen LogP contribution in [0.25, 0.3) is 0 Å². The molecular weight excluding hydrogens is 462 g/mol. The van der Waals surface area contributed by atoms with E-state index in [2.05, 4.69) is 31.0 Å². The van der Waals surface area contributed by atoms with Gasteiger partial charge in [-0.2, -0.15) is 0 Å². The van der Waals surface area contributed by atoms with Gasteiger partial charge in [0.05, 0.1) is 13.1 Å². The van der Waals surface area contributed by atoms with Crippen molar-refractivity contribution in [1.82, 2.24) is 15.1 Å². The highest BCUT2D eigenvalue weighted by Gasteiger charge is 2.48. The van der Waals surface area contributed by atoms with Gasteiger partial charge >= 0.3 is 6.03 Å². The number of urea groups is 1. The molecule has 2 aliphatic heterocycles. The number of hydrogen-bond acceptors (Lipinski definition) is 4. The molecule has 37 heavy (non-hydrogen) atoms. The molecule has 7 heteroatoms. The van der Waals surface area contributed by atoms with Gasteiger partial charge in [-0.1, -0.05) is 63.2 Å². The third-order valence-corrected chi connectivity index (χ3v) is 8.05. The minimum absolute atomic E-state index is 0.0190. The average molecular weight is 506 g/mol. The van der Waals surface area contributed by atoms with Crippen molar-refractivity contribution in [2.45, 2.75) is 109 Å². The predicted octanol–water partition coefficient (Wildman–Crippen LogP) is 5.09. The highest BCUT2D eigenvalue weighted by Crippen LogP contribution is 2.39. The Hall–Kier alpha value is -3.01. The molecule has 3 aliphatic rings. The zero-order valence-electron chi connectivity index (χ0n) is 22.7. The van der Waals surface area contributed by atoms with E-state index in [1.54, 1.807) is 4.90 Å². The molecule has 0 radical (unpaired) electrons. The molecule has 1 saturated carbocycles. The molecule has 1 unspecified atom stereocenters. The molecule has 0 bridgehead atoms. The Kier molecular flexibility index (Phi) is 8.79. The van der Waals surface area contributed by atoms with Gasteiger partial charge in [0.1, 0.15) is 5.54 Å². The van der Waals surface area contributed by atoms with Crippen LogP contribution in [-0.2, 0) is 17.9 Å². The van der Waals surface area contributed by atoms with E-state index in [0.717, 1.165) is 48.8 Å². The van der Waals surface area contributed by atoms with Crippen LogP contribution < -0.4 is 11.1 Å². The van der Waals surface area contributed by atoms with E-state index < -0.39 is 5.54 Å². The lowest BCUT2D eigenvalue weighted by Gasteiger charge is -2.32. The minimum atomic E-state index is -0.761. The van der Waals surface area contributed by atoms with Crippen molar-refractivity contribution in [2.75, 3.05) is 6.54 Å². The summed E-state index contributed by atoms with van der Waals surface area (Å²) >= 11 is 0. The first-order valence-electron chi connectivity index (χ1n) is 14.1. The Morgan fingerprint density at radius 1 is 1.19 bits per heavy atom. The number of hydrogen-bond donors (Lipinski definition) is 2. The van der Waals surface area contributed by atoms with Gasteiger partial charge in [0.25, 0.3) is 5.91 Å². The molecule has 1 aromatic rings. The molecule has 3 amide bonds. The summed E-state index contributed by atoms with van der Waals surface area (Å²) in [5.74, 6) is 0.854. The number of nitrogens with two attached hydrogens (primary N) is 1. The van der Waals surface area contributed by atoms with E-state index >= 15 is 0 Å². The fourth-order valence-electron chi connectivity index (χ4n) is 6.10. The van der Waals surface area contributed by atoms with Crippen LogP contribution in [0.3, 0.4) is 0 Å². The zero-order chi connectivity index (χ0) is 26.4. The summed E-state index contributed by atoms with van der Waals surface area (Å²) in [6.45, 7) is 9.74. The Bertz CT molecular complexity index is 998. The fourth-order valence-corrected chi connectivity index (χ4v) is 6.10. The summed E-state index contributed by atoms with van der Waals surface area (Å²) in [5.41, 5.74) is 8.49. The molecule has 1 aliphatic carbocycles. The Labute approximate surface area is 222 Å². The molecule has 1 saturated heterocycles. The van der Waals surface area contributed by atoms with Crippen molar-refractivity contribution >= 4 is 17.9 Å². The molecule has 2 fully saturated rings. The quantitative estimate of drug-likeness (QED) is 0.388. The molecule has 2 atom stereocenters. The van der Waals surface area contributed by atoms with Crippen LogP contribution in [-0.4, -0.2) is 45.8 Å². The van der Waals surface area contributed by atoms with Crippen LogP contribution in [0, 0.1) is 18.1 Å². The van der Waals surface area contributed by atoms with Gasteiger partial charge in [-0.15, -0.1) is 6.58 Å². The fraction of sp³-hybridized carbons (Fsp3) is 0.633. The lowest BCUT2D eigenvalue weighted by molar-refractivity contribution is -0.132. The second-order valence-electron chi connectivity index (χ2n) is 11.4. The first kappa shape index (κ1) is 27.0. The number of nitrogens with one attached hydrogen (secondary N) is 1. The molecule has 0 spiro atoms. The lowest BCUT2D eigenvalue weighted by Crippen LogP contribution is -2.45. The lowest BCUT2D eigenvalue weighted by atomic mass is 9.77. The van der Waals surface area contributed by atoms with Crippen molar-refractivity contribution in [1.29, 1.82) is 0 Å². The topological polar surface area (TPSA) is 91.0 Å². The maximum Gasteiger partial charge on any atom is 0.318 e. The summed E-state index contributed by atoms with van der Waals surface area (Å²) in [4.78, 5) is 34.4. The van der Waals surface area contributed by atoms with Crippen molar-refractivity contribution in [2.24, 2.45) is 16.6 Å². The van der Waals surface area contributed by atoms with Crippen LogP contribution in [0.1, 0.15) is 95.6 Å². The average Bonchev–Trinajstić information content (AvgIpc) is 3.32. The summed E-state index contributed by atoms with van der Waals surface area (Å²) < 4.78 is 0. The number of carbonyl (C=O) groups is 2. The van der Waals surface area contributed by atoms with Crippen LogP contribution >= 0.6 is 0 Å². The number of aliphatic imine (C=N–C) groups is 1. The molecule has 7 nitrogen and oxygen atoms in total. The van der Waals surface area contributed by atoms with Crippen molar-refractivity contribution in [3.05, 3.63) is 47.5 Å². The van der Waals surface area contributed by atoms with Crippen LogP contribution in [0.5, 0.6) is 0 Å². The molecule has 2 heterocycles. The van der Waals surface area contributed by atoms with E-state index in [1.807, 2.05) is 24.0 Å². The first-order chi connectivity index (χ1) is 17.8. The van der Waals surface area contributed by atoms with Gasteiger partial charge in [-0.05, 0) is 57.1 Å². The maximum absolute atomic E-state index is 13.8. The van der Waals surface area contributed by atoms with E-state index in [1.165, 1.54) is 32.1 Å². The molecule has 3 N–H and O–H groups in total. The number of carbonyl (C=O) groups excluding carboxylic acids is 2. The first-order valence-corrected chi connectivity index (χ1v) is 14.1. The largest absolute Gasteiger partial charge is 0.369 e. The van der Waals surface area contributed by atoms with Crippen molar-refractivity contribution in [3.63, 3.8) is 0 Å². The van der Waals surface area contributed by atoms with Gasteiger partial charge < -0.3 is 16.0 Å². The Balaban J connectivity index is 1.41. The molecule has 0 aromatic heterocycles. The predicted molar refractivity (Wildman–Crippen MR) is 147 cm³/mol. The molecule has 4 rings (SSSR count). The van der Waals surface area contributed by atoms with Gasteiger partial charge in [0, 0.05) is 23.7 Å². The summed E-state index contributed by atoms with van der Waals surface area (Å²) in [5, 5.41) is 3.04. The van der Waals surface area contributed by atoms with Gasteiger partial charge in [-0.3, -0.25) is 9.69 Å². The van der Waals surface area contributed by atoms with Gasteiger partial charge in [0.2, 0.25) is 0 Å². The smallest absolute Gasteiger partial charge is 0.318 e. The highest BCUT2D eigenvalue weighted by molar-refractivity contribution is 6.06. The third-order valence-electron chi connectivity index (χ3n) is 8.05. The standard InChI is InChI=1S/C30H43N5O2/c1-4-9-26-21-34(29(37)32-26)19-24-13-15-25(16-14-24)20-35-27(36)30(33-28(35)31,17-8-10-22(2)3)18-23-11-6-5-7-12-23/h13,15,23,26H,2,4-12,17-21H2,1,3H3,(H2,31,33)(H,32,37)/t26-,30?/m0/s1. The van der Waals surface area contributed by atoms with Crippen molar-refractivity contribution < 1.29 is 9.59 Å². The van der Waals surface area contributed by atoms with Crippen LogP contribution in [0.15, 0.2) is 29.3 Å². The van der Waals surface area contributed by atoms with E-state index in [0.29, 0.717) is 37.9 Å². The second kappa shape index (κ2) is 12.0. The second-order valence-corrected chi connectivity index (χ2v) is 11.4. The summed E-state index contributed by atoms with van der Waals surface area (Å²) in [6, 6.07) is 10.5. The van der Waals surface area contributed by atoms with Gasteiger partial charge in [0.15, 0.2) is 5.96 Å². The Morgan fingerprint density at radius 3 is 2.54 bits per heavy atom.